The fourth-order valence-electron chi connectivity index (χ4n) is 0.447. The molecule has 0 aliphatic heterocycles. The summed E-state index contributed by atoms with van der Waals surface area (Å²) >= 11 is 0. The van der Waals surface area contributed by atoms with Crippen molar-refractivity contribution in [1.29, 1.82) is 0 Å². The van der Waals surface area contributed by atoms with Crippen molar-refractivity contribution in [2.75, 3.05) is 20.6 Å². The van der Waals surface area contributed by atoms with Crippen molar-refractivity contribution < 1.29 is 0 Å². The van der Waals surface area contributed by atoms with Gasteiger partial charge < -0.3 is 4.90 Å². The van der Waals surface area contributed by atoms with Gasteiger partial charge in [-0.15, -0.1) is 0 Å². The maximum atomic E-state index is 2.18. The topological polar surface area (TPSA) is 3.24 Å². The minimum atomic E-state index is 0. The van der Waals surface area contributed by atoms with Crippen LogP contribution < -0.4 is 0 Å². The van der Waals surface area contributed by atoms with Crippen molar-refractivity contribution in [3.8, 4) is 0 Å². The SMILES string of the molecule is CCCN(C)C.[GeH4]. The van der Waals surface area contributed by atoms with E-state index < -0.39 is 0 Å². The summed E-state index contributed by atoms with van der Waals surface area (Å²) in [7, 11) is 4.17. The molecule has 1 nitrogen and oxygen atoms in total. The van der Waals surface area contributed by atoms with Crippen LogP contribution in [-0.4, -0.2) is 43.1 Å². The van der Waals surface area contributed by atoms with Gasteiger partial charge in [0.2, 0.25) is 0 Å². The van der Waals surface area contributed by atoms with E-state index in [1.165, 1.54) is 13.0 Å². The Labute approximate surface area is 57.1 Å². The Hall–Kier alpha value is 0.503. The van der Waals surface area contributed by atoms with Crippen molar-refractivity contribution in [2.45, 2.75) is 13.3 Å². The first-order valence-corrected chi connectivity index (χ1v) is 2.42. The van der Waals surface area contributed by atoms with Gasteiger partial charge in [0, 0.05) is 0 Å². The summed E-state index contributed by atoms with van der Waals surface area (Å²) in [5.41, 5.74) is 0. The number of rotatable bonds is 2. The Bertz CT molecular complexity index is 29.3. The molecule has 0 rings (SSSR count). The zero-order valence-electron chi connectivity index (χ0n) is 4.86. The van der Waals surface area contributed by atoms with Gasteiger partial charge in [-0.3, -0.25) is 0 Å². The van der Waals surface area contributed by atoms with E-state index in [1.54, 1.807) is 0 Å². The molecule has 0 saturated heterocycles. The van der Waals surface area contributed by atoms with Crippen LogP contribution in [0.25, 0.3) is 0 Å². The first kappa shape index (κ1) is 10.5. The van der Waals surface area contributed by atoms with Crippen LogP contribution in [0.3, 0.4) is 0 Å². The van der Waals surface area contributed by atoms with Gasteiger partial charge in [-0.2, -0.15) is 0 Å². The molecule has 7 heavy (non-hydrogen) atoms. The third-order valence-corrected chi connectivity index (χ3v) is 0.671. The molecule has 0 unspecified atom stereocenters. The Morgan fingerprint density at radius 3 is 1.71 bits per heavy atom. The second-order valence-electron chi connectivity index (χ2n) is 1.80. The van der Waals surface area contributed by atoms with E-state index in [9.17, 15) is 0 Å². The molecule has 0 atom stereocenters. The molecule has 0 aromatic carbocycles. The Morgan fingerprint density at radius 1 is 1.29 bits per heavy atom. The molecular formula is C5H17GeN. The maximum absolute atomic E-state index is 2.18. The molecule has 0 saturated carbocycles. The van der Waals surface area contributed by atoms with Gasteiger partial charge in [0.05, 0.1) is 0 Å². The fraction of sp³-hybridized carbons (Fsp3) is 1.00. The molecule has 0 amide bonds. The molecule has 0 N–H and O–H groups in total. The molecule has 0 fully saturated rings. The van der Waals surface area contributed by atoms with Gasteiger partial charge in [-0.05, 0) is 27.1 Å². The average molecular weight is 164 g/mol. The molecule has 0 heterocycles. The first-order valence-electron chi connectivity index (χ1n) is 2.42. The normalized spacial score (nSPS) is 8.57. The summed E-state index contributed by atoms with van der Waals surface area (Å²) in [4.78, 5) is 2.18. The molecule has 0 bridgehead atoms. The quantitative estimate of drug-likeness (QED) is 0.497. The van der Waals surface area contributed by atoms with Crippen molar-refractivity contribution in [3.63, 3.8) is 0 Å². The first-order chi connectivity index (χ1) is 2.77. The van der Waals surface area contributed by atoms with Crippen LogP contribution in [0.4, 0.5) is 0 Å². The Kier molecular flexibility index (Phi) is 9.73. The van der Waals surface area contributed by atoms with E-state index in [2.05, 4.69) is 25.9 Å². The molecule has 0 aromatic rings. The Morgan fingerprint density at radius 2 is 1.71 bits per heavy atom. The van der Waals surface area contributed by atoms with Crippen molar-refractivity contribution in [2.24, 2.45) is 0 Å². The van der Waals surface area contributed by atoms with Gasteiger partial charge in [0.25, 0.3) is 0 Å². The average Bonchev–Trinajstić information content (AvgIpc) is 1.35. The second-order valence-corrected chi connectivity index (χ2v) is 1.80. The van der Waals surface area contributed by atoms with E-state index in [-0.39, 0.29) is 17.6 Å². The van der Waals surface area contributed by atoms with Crippen LogP contribution in [0.1, 0.15) is 13.3 Å². The van der Waals surface area contributed by atoms with Gasteiger partial charge in [-0.25, -0.2) is 0 Å². The minimum absolute atomic E-state index is 0. The van der Waals surface area contributed by atoms with Crippen LogP contribution in [0, 0.1) is 0 Å². The van der Waals surface area contributed by atoms with Crippen LogP contribution in [0.15, 0.2) is 0 Å². The van der Waals surface area contributed by atoms with Crippen LogP contribution in [0.5, 0.6) is 0 Å². The molecule has 0 radical (unpaired) electrons. The molecular weight excluding hydrogens is 147 g/mol. The predicted molar refractivity (Wildman–Crippen MR) is 40.2 cm³/mol. The third kappa shape index (κ3) is 10.7. The summed E-state index contributed by atoms with van der Waals surface area (Å²) in [6.07, 6.45) is 1.26. The van der Waals surface area contributed by atoms with E-state index in [0.717, 1.165) is 0 Å². The van der Waals surface area contributed by atoms with Crippen molar-refractivity contribution in [1.82, 2.24) is 4.90 Å². The van der Waals surface area contributed by atoms with Crippen molar-refractivity contribution in [3.05, 3.63) is 0 Å². The van der Waals surface area contributed by atoms with E-state index >= 15 is 0 Å². The van der Waals surface area contributed by atoms with Crippen LogP contribution >= 0.6 is 0 Å². The monoisotopic (exact) mass is 165 g/mol. The Balaban J connectivity index is 0. The van der Waals surface area contributed by atoms with E-state index in [4.69, 9.17) is 0 Å². The van der Waals surface area contributed by atoms with E-state index in [1.807, 2.05) is 0 Å². The summed E-state index contributed by atoms with van der Waals surface area (Å²) in [5, 5.41) is 0. The molecule has 0 aromatic heterocycles. The van der Waals surface area contributed by atoms with Crippen molar-refractivity contribution >= 4 is 17.6 Å². The van der Waals surface area contributed by atoms with Gasteiger partial charge in [0.1, 0.15) is 0 Å². The van der Waals surface area contributed by atoms with Gasteiger partial charge in [0.15, 0.2) is 0 Å². The van der Waals surface area contributed by atoms with Crippen LogP contribution in [-0.2, 0) is 0 Å². The summed E-state index contributed by atoms with van der Waals surface area (Å²) < 4.78 is 0. The zero-order chi connectivity index (χ0) is 4.99. The predicted octanol–water partition coefficient (Wildman–Crippen LogP) is -0.494. The molecule has 46 valence electrons. The number of hydrogen-bond donors (Lipinski definition) is 0. The van der Waals surface area contributed by atoms with E-state index in [0.29, 0.717) is 0 Å². The molecule has 2 heteroatoms. The van der Waals surface area contributed by atoms with Crippen LogP contribution in [0.2, 0.25) is 0 Å². The molecule has 0 aliphatic rings. The third-order valence-electron chi connectivity index (χ3n) is 0.671. The number of hydrogen-bond acceptors (Lipinski definition) is 1. The molecule has 0 spiro atoms. The standard InChI is InChI=1S/C5H13N.GeH4/c1-4-5-6(2)3;/h4-5H2,1-3H3;1H4. The second kappa shape index (κ2) is 6.50. The summed E-state index contributed by atoms with van der Waals surface area (Å²) in [5.74, 6) is 0. The number of nitrogens with zero attached hydrogens (tertiary/aromatic N) is 1. The zero-order valence-corrected chi connectivity index (χ0v) is 4.86. The van der Waals surface area contributed by atoms with Gasteiger partial charge >= 0.3 is 17.6 Å². The van der Waals surface area contributed by atoms with Gasteiger partial charge in [-0.1, -0.05) is 6.92 Å². The summed E-state index contributed by atoms with van der Waals surface area (Å²) in [6.45, 7) is 3.39. The molecule has 0 aliphatic carbocycles. The summed E-state index contributed by atoms with van der Waals surface area (Å²) in [6, 6.07) is 0. The fourth-order valence-corrected chi connectivity index (χ4v) is 0.447.